The molecule has 5 rings (SSSR count). The van der Waals surface area contributed by atoms with Crippen molar-refractivity contribution in [1.29, 1.82) is 0 Å². The number of fused-ring (bicyclic) bond motifs is 3. The topological polar surface area (TPSA) is 71.2 Å². The highest BCUT2D eigenvalue weighted by atomic mass is 15.4. The molecule has 0 spiro atoms. The molecular formula is C23H27N7. The highest BCUT2D eigenvalue weighted by molar-refractivity contribution is 5.92. The lowest BCUT2D eigenvalue weighted by atomic mass is 10.0. The van der Waals surface area contributed by atoms with Gasteiger partial charge in [0.15, 0.2) is 11.5 Å². The Bertz CT molecular complexity index is 1140. The Labute approximate surface area is 176 Å². The first kappa shape index (κ1) is 18.9. The monoisotopic (exact) mass is 401 g/mol. The first-order valence-electron chi connectivity index (χ1n) is 10.8. The van der Waals surface area contributed by atoms with E-state index in [2.05, 4.69) is 22.1 Å². The quantitative estimate of drug-likeness (QED) is 0.492. The van der Waals surface area contributed by atoms with Crippen molar-refractivity contribution >= 4 is 22.5 Å². The van der Waals surface area contributed by atoms with Gasteiger partial charge in [0, 0.05) is 42.5 Å². The van der Waals surface area contributed by atoms with Gasteiger partial charge in [-0.2, -0.15) is 4.52 Å². The first-order chi connectivity index (χ1) is 14.8. The van der Waals surface area contributed by atoms with Crippen molar-refractivity contribution in [2.75, 3.05) is 25.0 Å². The summed E-state index contributed by atoms with van der Waals surface area (Å²) in [5, 5.41) is 9.26. The largest absolute Gasteiger partial charge is 0.354 e. The third-order valence-electron chi connectivity index (χ3n) is 5.96. The smallest absolute Gasteiger partial charge is 0.226 e. The van der Waals surface area contributed by atoms with Gasteiger partial charge in [-0.1, -0.05) is 18.6 Å². The van der Waals surface area contributed by atoms with Gasteiger partial charge in [0.1, 0.15) is 0 Å². The minimum atomic E-state index is 0.681. The maximum atomic E-state index is 4.83. The number of likely N-dealkylation sites (tertiary alicyclic amines) is 1. The summed E-state index contributed by atoms with van der Waals surface area (Å²) in [6, 6.07) is 12.6. The van der Waals surface area contributed by atoms with Gasteiger partial charge in [0.25, 0.3) is 0 Å². The van der Waals surface area contributed by atoms with E-state index in [1.165, 1.54) is 25.8 Å². The molecule has 1 fully saturated rings. The molecule has 4 aromatic rings. The number of piperidine rings is 1. The normalized spacial score (nSPS) is 17.6. The van der Waals surface area contributed by atoms with Crippen LogP contribution in [0.1, 0.15) is 32.6 Å². The number of rotatable bonds is 6. The van der Waals surface area contributed by atoms with E-state index in [-0.39, 0.29) is 0 Å². The lowest BCUT2D eigenvalue weighted by Crippen LogP contribution is -2.38. The second-order valence-electron chi connectivity index (χ2n) is 8.02. The number of pyridine rings is 1. The Morgan fingerprint density at radius 1 is 1.07 bits per heavy atom. The number of hydrogen-bond acceptors (Lipinski definition) is 6. The standard InChI is InChI=1S/C23H27N7/c1-17-7-4-5-15-29(17)16-6-12-25-23-26-20-9-3-2-8-19(20)22-27-21(28-30(22)23)18-10-13-24-14-11-18/h2-3,8-11,13-14,17H,4-7,12,15-16H2,1H3,(H,25,26)/t17-/m1/s1. The van der Waals surface area contributed by atoms with E-state index >= 15 is 0 Å². The van der Waals surface area contributed by atoms with Crippen LogP contribution in [0.3, 0.4) is 0 Å². The van der Waals surface area contributed by atoms with Crippen LogP contribution in [0.5, 0.6) is 0 Å². The summed E-state index contributed by atoms with van der Waals surface area (Å²) >= 11 is 0. The zero-order valence-corrected chi connectivity index (χ0v) is 17.3. The third kappa shape index (κ3) is 3.73. The number of para-hydroxylation sites is 1. The van der Waals surface area contributed by atoms with E-state index in [0.29, 0.717) is 11.9 Å². The molecule has 1 atom stereocenters. The number of anilines is 1. The second kappa shape index (κ2) is 8.36. The summed E-state index contributed by atoms with van der Waals surface area (Å²) in [6.45, 7) is 5.54. The molecule has 30 heavy (non-hydrogen) atoms. The van der Waals surface area contributed by atoms with Crippen molar-refractivity contribution < 1.29 is 0 Å². The fraction of sp³-hybridized carbons (Fsp3) is 0.391. The molecule has 1 aliphatic heterocycles. The van der Waals surface area contributed by atoms with Gasteiger partial charge in [-0.05, 0) is 57.0 Å². The van der Waals surface area contributed by atoms with Crippen LogP contribution in [0.25, 0.3) is 27.9 Å². The average Bonchev–Trinajstić information content (AvgIpc) is 3.24. The molecule has 1 saturated heterocycles. The van der Waals surface area contributed by atoms with Crippen LogP contribution in [0.4, 0.5) is 5.95 Å². The SMILES string of the molecule is C[C@@H]1CCCCN1CCCNc1nc2ccccc2c2nc(-c3ccncc3)nn12. The molecule has 4 heterocycles. The molecule has 7 heteroatoms. The summed E-state index contributed by atoms with van der Waals surface area (Å²) in [5.41, 5.74) is 2.69. The van der Waals surface area contributed by atoms with E-state index in [1.807, 2.05) is 40.9 Å². The summed E-state index contributed by atoms with van der Waals surface area (Å²) in [4.78, 5) is 16.3. The van der Waals surface area contributed by atoms with Crippen LogP contribution in [-0.4, -0.2) is 55.1 Å². The fourth-order valence-electron chi connectivity index (χ4n) is 4.27. The van der Waals surface area contributed by atoms with Crippen molar-refractivity contribution in [1.82, 2.24) is 29.5 Å². The van der Waals surface area contributed by atoms with E-state index in [1.54, 1.807) is 12.4 Å². The summed E-state index contributed by atoms with van der Waals surface area (Å²) < 4.78 is 1.83. The third-order valence-corrected chi connectivity index (χ3v) is 5.96. The van der Waals surface area contributed by atoms with Crippen molar-refractivity contribution in [2.45, 2.75) is 38.6 Å². The first-order valence-corrected chi connectivity index (χ1v) is 10.8. The van der Waals surface area contributed by atoms with Crippen molar-refractivity contribution in [3.05, 3.63) is 48.8 Å². The number of nitrogens with zero attached hydrogens (tertiary/aromatic N) is 6. The molecule has 0 saturated carbocycles. The van der Waals surface area contributed by atoms with Crippen LogP contribution in [0.2, 0.25) is 0 Å². The second-order valence-corrected chi connectivity index (χ2v) is 8.02. The maximum Gasteiger partial charge on any atom is 0.226 e. The molecule has 0 bridgehead atoms. The summed E-state index contributed by atoms with van der Waals surface area (Å²) in [6.07, 6.45) is 8.60. The molecule has 154 valence electrons. The maximum absolute atomic E-state index is 4.83. The fourth-order valence-corrected chi connectivity index (χ4v) is 4.27. The minimum absolute atomic E-state index is 0.681. The Kier molecular flexibility index (Phi) is 5.27. The van der Waals surface area contributed by atoms with Crippen LogP contribution >= 0.6 is 0 Å². The van der Waals surface area contributed by atoms with Gasteiger partial charge in [0.05, 0.1) is 5.52 Å². The average molecular weight is 402 g/mol. The molecule has 1 aromatic carbocycles. The van der Waals surface area contributed by atoms with Gasteiger partial charge in [-0.15, -0.1) is 5.10 Å². The summed E-state index contributed by atoms with van der Waals surface area (Å²) in [5.74, 6) is 1.42. The van der Waals surface area contributed by atoms with Gasteiger partial charge < -0.3 is 10.2 Å². The lowest BCUT2D eigenvalue weighted by molar-refractivity contribution is 0.160. The Morgan fingerprint density at radius 2 is 1.93 bits per heavy atom. The van der Waals surface area contributed by atoms with E-state index in [0.717, 1.165) is 47.6 Å². The molecule has 7 nitrogen and oxygen atoms in total. The van der Waals surface area contributed by atoms with Gasteiger partial charge >= 0.3 is 0 Å². The Morgan fingerprint density at radius 3 is 2.80 bits per heavy atom. The molecule has 3 aromatic heterocycles. The van der Waals surface area contributed by atoms with Crippen LogP contribution in [0, 0.1) is 0 Å². The molecular weight excluding hydrogens is 374 g/mol. The highest BCUT2D eigenvalue weighted by Crippen LogP contribution is 2.24. The van der Waals surface area contributed by atoms with Crippen molar-refractivity contribution in [3.63, 3.8) is 0 Å². The predicted molar refractivity (Wildman–Crippen MR) is 120 cm³/mol. The lowest BCUT2D eigenvalue weighted by Gasteiger charge is -2.33. The van der Waals surface area contributed by atoms with E-state index < -0.39 is 0 Å². The Balaban J connectivity index is 1.41. The number of benzene rings is 1. The molecule has 1 N–H and O–H groups in total. The van der Waals surface area contributed by atoms with Crippen LogP contribution in [-0.2, 0) is 0 Å². The van der Waals surface area contributed by atoms with Gasteiger partial charge in [-0.25, -0.2) is 9.97 Å². The minimum Gasteiger partial charge on any atom is -0.354 e. The molecule has 0 aliphatic carbocycles. The van der Waals surface area contributed by atoms with Gasteiger partial charge in [0.2, 0.25) is 5.95 Å². The zero-order valence-electron chi connectivity index (χ0n) is 17.3. The predicted octanol–water partition coefficient (Wildman–Crippen LogP) is 4.02. The number of hydrogen-bond donors (Lipinski definition) is 1. The van der Waals surface area contributed by atoms with Crippen molar-refractivity contribution in [3.8, 4) is 11.4 Å². The number of aromatic nitrogens is 5. The van der Waals surface area contributed by atoms with E-state index in [9.17, 15) is 0 Å². The molecule has 0 amide bonds. The van der Waals surface area contributed by atoms with Crippen LogP contribution < -0.4 is 5.32 Å². The van der Waals surface area contributed by atoms with Gasteiger partial charge in [-0.3, -0.25) is 4.98 Å². The zero-order chi connectivity index (χ0) is 20.3. The molecule has 0 radical (unpaired) electrons. The van der Waals surface area contributed by atoms with Crippen molar-refractivity contribution in [2.24, 2.45) is 0 Å². The molecule has 0 unspecified atom stereocenters. The van der Waals surface area contributed by atoms with E-state index in [4.69, 9.17) is 15.1 Å². The number of nitrogens with one attached hydrogen (secondary N) is 1. The highest BCUT2D eigenvalue weighted by Gasteiger charge is 2.18. The van der Waals surface area contributed by atoms with Crippen LogP contribution in [0.15, 0.2) is 48.8 Å². The summed E-state index contributed by atoms with van der Waals surface area (Å²) in [7, 11) is 0. The molecule has 1 aliphatic rings. The Hall–Kier alpha value is -3.06.